The van der Waals surface area contributed by atoms with E-state index in [4.69, 9.17) is 0 Å². The predicted molar refractivity (Wildman–Crippen MR) is 83.0 cm³/mol. The number of nitrogens with one attached hydrogen (secondary N) is 1. The van der Waals surface area contributed by atoms with Crippen molar-refractivity contribution in [3.63, 3.8) is 0 Å². The third-order valence-electron chi connectivity index (χ3n) is 5.32. The second-order valence-electron chi connectivity index (χ2n) is 6.78. The third kappa shape index (κ3) is 3.02. The molecular formula is C18H24FNO2. The van der Waals surface area contributed by atoms with Crippen LogP contribution in [0.4, 0.5) is 4.39 Å². The molecule has 2 saturated carbocycles. The number of aliphatic hydroxyl groups is 1. The first-order chi connectivity index (χ1) is 10.6. The van der Waals surface area contributed by atoms with Crippen molar-refractivity contribution in [3.05, 3.63) is 35.6 Å². The zero-order valence-corrected chi connectivity index (χ0v) is 12.9. The standard InChI is InChI=1S/C18H24FNO2/c19-14-5-3-13(4-6-14)18(11-1-2-12-18)17(22)20-15-7-9-16(21)10-8-15/h3-6,15-16,21H,1-2,7-12H2,(H,20,22). The highest BCUT2D eigenvalue weighted by Crippen LogP contribution is 2.41. The van der Waals surface area contributed by atoms with Gasteiger partial charge in [-0.1, -0.05) is 25.0 Å². The maximum Gasteiger partial charge on any atom is 0.230 e. The number of rotatable bonds is 3. The predicted octanol–water partition coefficient (Wildman–Crippen LogP) is 3.06. The van der Waals surface area contributed by atoms with Gasteiger partial charge in [-0.15, -0.1) is 0 Å². The quantitative estimate of drug-likeness (QED) is 0.901. The summed E-state index contributed by atoms with van der Waals surface area (Å²) in [4.78, 5) is 12.9. The molecule has 22 heavy (non-hydrogen) atoms. The van der Waals surface area contributed by atoms with Crippen LogP contribution in [0, 0.1) is 5.82 Å². The topological polar surface area (TPSA) is 49.3 Å². The van der Waals surface area contributed by atoms with Crippen molar-refractivity contribution in [2.75, 3.05) is 0 Å². The first-order valence-electron chi connectivity index (χ1n) is 8.35. The number of carbonyl (C=O) groups is 1. The van der Waals surface area contributed by atoms with Crippen LogP contribution in [0.2, 0.25) is 0 Å². The summed E-state index contributed by atoms with van der Waals surface area (Å²) < 4.78 is 13.2. The van der Waals surface area contributed by atoms with Gasteiger partial charge >= 0.3 is 0 Å². The van der Waals surface area contributed by atoms with Crippen LogP contribution in [-0.4, -0.2) is 23.2 Å². The minimum atomic E-state index is -0.496. The van der Waals surface area contributed by atoms with Crippen LogP contribution in [-0.2, 0) is 10.2 Å². The van der Waals surface area contributed by atoms with E-state index in [0.29, 0.717) is 0 Å². The van der Waals surface area contributed by atoms with Crippen LogP contribution in [0.5, 0.6) is 0 Å². The Morgan fingerprint density at radius 3 is 2.27 bits per heavy atom. The lowest BCUT2D eigenvalue weighted by Gasteiger charge is -2.33. The Hall–Kier alpha value is -1.42. The van der Waals surface area contributed by atoms with Gasteiger partial charge in [0.1, 0.15) is 5.82 Å². The summed E-state index contributed by atoms with van der Waals surface area (Å²) >= 11 is 0. The molecule has 0 saturated heterocycles. The van der Waals surface area contributed by atoms with Gasteiger partial charge in [0.2, 0.25) is 5.91 Å². The maximum absolute atomic E-state index is 13.2. The lowest BCUT2D eigenvalue weighted by Crippen LogP contribution is -2.48. The molecule has 1 amide bonds. The van der Waals surface area contributed by atoms with Crippen LogP contribution in [0.15, 0.2) is 24.3 Å². The number of hydrogen-bond acceptors (Lipinski definition) is 2. The second kappa shape index (κ2) is 6.37. The molecule has 1 aromatic carbocycles. The first kappa shape index (κ1) is 15.5. The molecule has 4 heteroatoms. The maximum atomic E-state index is 13.2. The van der Waals surface area contributed by atoms with Crippen molar-refractivity contribution in [2.45, 2.75) is 68.9 Å². The number of aliphatic hydroxyl groups excluding tert-OH is 1. The molecule has 2 aliphatic rings. The van der Waals surface area contributed by atoms with Crippen molar-refractivity contribution in [3.8, 4) is 0 Å². The average molecular weight is 305 g/mol. The summed E-state index contributed by atoms with van der Waals surface area (Å²) in [5.41, 5.74) is 0.434. The van der Waals surface area contributed by atoms with Gasteiger partial charge in [-0.2, -0.15) is 0 Å². The molecule has 120 valence electrons. The molecule has 2 fully saturated rings. The van der Waals surface area contributed by atoms with E-state index in [1.54, 1.807) is 12.1 Å². The SMILES string of the molecule is O=C(NC1CCC(O)CC1)C1(c2ccc(F)cc2)CCCC1. The van der Waals surface area contributed by atoms with Crippen molar-refractivity contribution >= 4 is 5.91 Å². The van der Waals surface area contributed by atoms with E-state index in [1.807, 2.05) is 0 Å². The lowest BCUT2D eigenvalue weighted by atomic mass is 9.77. The minimum absolute atomic E-state index is 0.0815. The van der Waals surface area contributed by atoms with E-state index < -0.39 is 5.41 Å². The highest BCUT2D eigenvalue weighted by molar-refractivity contribution is 5.88. The highest BCUT2D eigenvalue weighted by atomic mass is 19.1. The zero-order chi connectivity index (χ0) is 15.6. The van der Waals surface area contributed by atoms with Gasteiger partial charge in [-0.3, -0.25) is 4.79 Å². The molecule has 0 radical (unpaired) electrons. The Balaban J connectivity index is 1.75. The van der Waals surface area contributed by atoms with E-state index in [2.05, 4.69) is 5.32 Å². The number of halogens is 1. The largest absolute Gasteiger partial charge is 0.393 e. The lowest BCUT2D eigenvalue weighted by molar-refractivity contribution is -0.127. The number of benzene rings is 1. The van der Waals surface area contributed by atoms with E-state index in [9.17, 15) is 14.3 Å². The Morgan fingerprint density at radius 2 is 1.68 bits per heavy atom. The van der Waals surface area contributed by atoms with Crippen LogP contribution in [0.1, 0.15) is 56.9 Å². The smallest absolute Gasteiger partial charge is 0.230 e. The van der Waals surface area contributed by atoms with Crippen LogP contribution in [0.25, 0.3) is 0 Å². The Morgan fingerprint density at radius 1 is 1.09 bits per heavy atom. The molecule has 3 nitrogen and oxygen atoms in total. The molecule has 0 unspecified atom stereocenters. The second-order valence-corrected chi connectivity index (χ2v) is 6.78. The first-order valence-corrected chi connectivity index (χ1v) is 8.35. The van der Waals surface area contributed by atoms with E-state index in [-0.39, 0.29) is 23.9 Å². The average Bonchev–Trinajstić information content (AvgIpc) is 3.01. The van der Waals surface area contributed by atoms with Crippen molar-refractivity contribution in [1.82, 2.24) is 5.32 Å². The normalized spacial score (nSPS) is 27.5. The fourth-order valence-corrected chi connectivity index (χ4v) is 3.94. The fourth-order valence-electron chi connectivity index (χ4n) is 3.94. The minimum Gasteiger partial charge on any atom is -0.393 e. The Bertz CT molecular complexity index is 514. The molecule has 3 rings (SSSR count). The van der Waals surface area contributed by atoms with Crippen LogP contribution < -0.4 is 5.32 Å². The fraction of sp³-hybridized carbons (Fsp3) is 0.611. The molecule has 0 aromatic heterocycles. The van der Waals surface area contributed by atoms with Gasteiger partial charge in [0, 0.05) is 6.04 Å². The van der Waals surface area contributed by atoms with Crippen molar-refractivity contribution in [2.24, 2.45) is 0 Å². The Labute approximate surface area is 130 Å². The van der Waals surface area contributed by atoms with Crippen LogP contribution >= 0.6 is 0 Å². The van der Waals surface area contributed by atoms with Gasteiger partial charge in [0.15, 0.2) is 0 Å². The molecule has 0 spiro atoms. The molecule has 2 aliphatic carbocycles. The summed E-state index contributed by atoms with van der Waals surface area (Å²) in [6.07, 6.45) is 6.72. The molecule has 0 heterocycles. The highest BCUT2D eigenvalue weighted by Gasteiger charge is 2.43. The van der Waals surface area contributed by atoms with E-state index in [0.717, 1.165) is 56.9 Å². The van der Waals surface area contributed by atoms with Crippen molar-refractivity contribution in [1.29, 1.82) is 0 Å². The van der Waals surface area contributed by atoms with Gasteiger partial charge in [0.05, 0.1) is 11.5 Å². The summed E-state index contributed by atoms with van der Waals surface area (Å²) in [6.45, 7) is 0. The number of carbonyl (C=O) groups excluding carboxylic acids is 1. The summed E-state index contributed by atoms with van der Waals surface area (Å²) in [7, 11) is 0. The third-order valence-corrected chi connectivity index (χ3v) is 5.32. The summed E-state index contributed by atoms with van der Waals surface area (Å²) in [6, 6.07) is 6.56. The van der Waals surface area contributed by atoms with Gasteiger partial charge < -0.3 is 10.4 Å². The summed E-state index contributed by atoms with van der Waals surface area (Å²) in [5, 5.41) is 12.8. The van der Waals surface area contributed by atoms with Crippen molar-refractivity contribution < 1.29 is 14.3 Å². The molecule has 0 aliphatic heterocycles. The molecular weight excluding hydrogens is 281 g/mol. The molecule has 0 bridgehead atoms. The monoisotopic (exact) mass is 305 g/mol. The molecule has 1 aromatic rings. The molecule has 2 N–H and O–H groups in total. The van der Waals surface area contributed by atoms with Gasteiger partial charge in [-0.25, -0.2) is 4.39 Å². The zero-order valence-electron chi connectivity index (χ0n) is 12.9. The van der Waals surface area contributed by atoms with Gasteiger partial charge in [0.25, 0.3) is 0 Å². The number of hydrogen-bond donors (Lipinski definition) is 2. The van der Waals surface area contributed by atoms with E-state index in [1.165, 1.54) is 12.1 Å². The summed E-state index contributed by atoms with van der Waals surface area (Å²) in [5.74, 6) is -0.184. The Kier molecular flexibility index (Phi) is 4.48. The van der Waals surface area contributed by atoms with Crippen LogP contribution in [0.3, 0.4) is 0 Å². The number of amides is 1. The van der Waals surface area contributed by atoms with E-state index >= 15 is 0 Å². The van der Waals surface area contributed by atoms with Gasteiger partial charge in [-0.05, 0) is 56.2 Å². The molecule has 0 atom stereocenters.